The Kier molecular flexibility index (Phi) is 5.12. The van der Waals surface area contributed by atoms with Crippen LogP contribution in [0.1, 0.15) is 25.8 Å². The van der Waals surface area contributed by atoms with Crippen LogP contribution in [-0.2, 0) is 0 Å². The maximum atomic E-state index is 5.88. The van der Waals surface area contributed by atoms with Gasteiger partial charge in [-0.25, -0.2) is 0 Å². The Morgan fingerprint density at radius 1 is 1.38 bits per heavy atom. The van der Waals surface area contributed by atoms with E-state index in [4.69, 9.17) is 10.5 Å². The third kappa shape index (κ3) is 3.74. The van der Waals surface area contributed by atoms with Gasteiger partial charge in [0.1, 0.15) is 5.75 Å². The number of hydrogen-bond donors (Lipinski definition) is 2. The summed E-state index contributed by atoms with van der Waals surface area (Å²) in [5.41, 5.74) is 8.13. The molecule has 0 spiro atoms. The summed E-state index contributed by atoms with van der Waals surface area (Å²) in [6.07, 6.45) is 0.975. The third-order valence-corrected chi connectivity index (χ3v) is 2.51. The summed E-state index contributed by atoms with van der Waals surface area (Å²) >= 11 is 0. The van der Waals surface area contributed by atoms with Crippen molar-refractivity contribution in [1.29, 1.82) is 0 Å². The van der Waals surface area contributed by atoms with Gasteiger partial charge in [-0.1, -0.05) is 13.0 Å². The molecule has 0 saturated heterocycles. The van der Waals surface area contributed by atoms with Gasteiger partial charge in [0, 0.05) is 12.6 Å². The molecule has 1 rings (SSSR count). The molecular formula is C13H22N2O. The molecule has 0 heterocycles. The number of aryl methyl sites for hydroxylation is 1. The van der Waals surface area contributed by atoms with Crippen LogP contribution in [0.3, 0.4) is 0 Å². The van der Waals surface area contributed by atoms with Crippen LogP contribution in [0.5, 0.6) is 5.75 Å². The molecule has 0 aromatic heterocycles. The van der Waals surface area contributed by atoms with Gasteiger partial charge >= 0.3 is 0 Å². The van der Waals surface area contributed by atoms with E-state index >= 15 is 0 Å². The normalized spacial score (nSPS) is 12.2. The molecule has 0 aliphatic carbocycles. The topological polar surface area (TPSA) is 47.3 Å². The smallest absolute Gasteiger partial charge is 0.142 e. The first-order valence-corrected chi connectivity index (χ1v) is 5.90. The Balaban J connectivity index is 2.71. The van der Waals surface area contributed by atoms with Crippen LogP contribution in [-0.4, -0.2) is 19.2 Å². The van der Waals surface area contributed by atoms with Crippen molar-refractivity contribution in [2.45, 2.75) is 33.2 Å². The number of nitrogens with one attached hydrogen (secondary N) is 1. The summed E-state index contributed by atoms with van der Waals surface area (Å²) in [5.74, 6) is 0.899. The summed E-state index contributed by atoms with van der Waals surface area (Å²) in [6, 6.07) is 6.33. The van der Waals surface area contributed by atoms with Gasteiger partial charge in [-0.05, 0) is 38.0 Å². The molecule has 0 aliphatic rings. The molecule has 0 saturated carbocycles. The molecule has 0 amide bonds. The minimum atomic E-state index is 0.190. The second-order valence-corrected chi connectivity index (χ2v) is 3.98. The fraction of sp³-hybridized carbons (Fsp3) is 0.538. The second-order valence-electron chi connectivity index (χ2n) is 3.98. The van der Waals surface area contributed by atoms with E-state index in [0.717, 1.165) is 24.4 Å². The molecule has 1 aromatic carbocycles. The Morgan fingerprint density at radius 3 is 2.75 bits per heavy atom. The van der Waals surface area contributed by atoms with E-state index < -0.39 is 0 Å². The van der Waals surface area contributed by atoms with E-state index in [9.17, 15) is 0 Å². The first-order chi connectivity index (χ1) is 7.67. The zero-order valence-electron chi connectivity index (χ0n) is 10.4. The van der Waals surface area contributed by atoms with Crippen molar-refractivity contribution in [3.63, 3.8) is 0 Å². The zero-order valence-corrected chi connectivity index (χ0v) is 10.4. The van der Waals surface area contributed by atoms with Gasteiger partial charge in [-0.3, -0.25) is 0 Å². The highest BCUT2D eigenvalue weighted by Gasteiger charge is 2.05. The molecule has 3 nitrogen and oxygen atoms in total. The van der Waals surface area contributed by atoms with Crippen LogP contribution in [0, 0.1) is 6.92 Å². The Hall–Kier alpha value is -1.22. The highest BCUT2D eigenvalue weighted by atomic mass is 16.5. The number of ether oxygens (including phenoxy) is 1. The molecular weight excluding hydrogens is 200 g/mol. The fourth-order valence-electron chi connectivity index (χ4n) is 1.45. The fourth-order valence-corrected chi connectivity index (χ4v) is 1.45. The maximum Gasteiger partial charge on any atom is 0.142 e. The van der Waals surface area contributed by atoms with Crippen molar-refractivity contribution in [3.05, 3.63) is 23.8 Å². The predicted octanol–water partition coefficient (Wildman–Crippen LogP) is 2.54. The molecule has 3 heteroatoms. The average molecular weight is 222 g/mol. The Labute approximate surface area is 98.0 Å². The summed E-state index contributed by atoms with van der Waals surface area (Å²) in [5, 5.41) is 3.34. The monoisotopic (exact) mass is 222 g/mol. The van der Waals surface area contributed by atoms with Gasteiger partial charge < -0.3 is 15.8 Å². The first kappa shape index (κ1) is 12.8. The van der Waals surface area contributed by atoms with Crippen molar-refractivity contribution in [2.75, 3.05) is 18.5 Å². The molecule has 0 radical (unpaired) electrons. The zero-order chi connectivity index (χ0) is 12.0. The molecule has 3 N–H and O–H groups in total. The third-order valence-electron chi connectivity index (χ3n) is 2.51. The van der Waals surface area contributed by atoms with Crippen LogP contribution >= 0.6 is 0 Å². The molecule has 1 atom stereocenters. The van der Waals surface area contributed by atoms with Gasteiger partial charge in [0.15, 0.2) is 0 Å². The van der Waals surface area contributed by atoms with Crippen molar-refractivity contribution in [2.24, 2.45) is 5.73 Å². The summed E-state index contributed by atoms with van der Waals surface area (Å²) in [6.45, 7) is 7.60. The molecule has 0 aliphatic heterocycles. The molecule has 0 bridgehead atoms. The molecule has 90 valence electrons. The number of rotatable bonds is 6. The lowest BCUT2D eigenvalue weighted by molar-refractivity contribution is 0.341. The second kappa shape index (κ2) is 6.38. The minimum Gasteiger partial charge on any atom is -0.492 e. The number of anilines is 1. The first-order valence-electron chi connectivity index (χ1n) is 5.90. The van der Waals surface area contributed by atoms with Crippen LogP contribution in [0.25, 0.3) is 0 Å². The van der Waals surface area contributed by atoms with Crippen molar-refractivity contribution in [3.8, 4) is 5.75 Å². The van der Waals surface area contributed by atoms with E-state index in [0.29, 0.717) is 6.61 Å². The van der Waals surface area contributed by atoms with E-state index in [1.165, 1.54) is 5.56 Å². The Morgan fingerprint density at radius 2 is 2.12 bits per heavy atom. The van der Waals surface area contributed by atoms with Crippen molar-refractivity contribution < 1.29 is 4.74 Å². The molecule has 1 unspecified atom stereocenters. The van der Waals surface area contributed by atoms with E-state index in [-0.39, 0.29) is 6.04 Å². The molecule has 0 fully saturated rings. The highest BCUT2D eigenvalue weighted by Crippen LogP contribution is 2.25. The molecule has 1 aromatic rings. The van der Waals surface area contributed by atoms with Crippen LogP contribution in [0.15, 0.2) is 18.2 Å². The summed E-state index contributed by atoms with van der Waals surface area (Å²) in [4.78, 5) is 0. The van der Waals surface area contributed by atoms with E-state index in [1.54, 1.807) is 0 Å². The van der Waals surface area contributed by atoms with Crippen LogP contribution < -0.4 is 15.8 Å². The van der Waals surface area contributed by atoms with Gasteiger partial charge in [-0.15, -0.1) is 0 Å². The minimum absolute atomic E-state index is 0.190. The lowest BCUT2D eigenvalue weighted by Gasteiger charge is -2.15. The molecule has 16 heavy (non-hydrogen) atoms. The van der Waals surface area contributed by atoms with Crippen molar-refractivity contribution >= 4 is 5.69 Å². The lowest BCUT2D eigenvalue weighted by atomic mass is 10.2. The largest absolute Gasteiger partial charge is 0.492 e. The van der Waals surface area contributed by atoms with E-state index in [2.05, 4.69) is 31.3 Å². The van der Waals surface area contributed by atoms with Crippen molar-refractivity contribution in [1.82, 2.24) is 0 Å². The van der Waals surface area contributed by atoms with E-state index in [1.807, 2.05) is 13.0 Å². The number of hydrogen-bond acceptors (Lipinski definition) is 3. The lowest BCUT2D eigenvalue weighted by Crippen LogP contribution is -2.28. The SMILES string of the molecule is CCOc1ccc(C)cc1NCC(N)CC. The maximum absolute atomic E-state index is 5.88. The van der Waals surface area contributed by atoms with Crippen LogP contribution in [0.4, 0.5) is 5.69 Å². The Bertz CT molecular complexity index is 326. The van der Waals surface area contributed by atoms with Gasteiger partial charge in [0.25, 0.3) is 0 Å². The highest BCUT2D eigenvalue weighted by molar-refractivity contribution is 5.58. The summed E-state index contributed by atoms with van der Waals surface area (Å²) < 4.78 is 5.55. The standard InChI is InChI=1S/C13H22N2O/c1-4-11(14)9-15-12-8-10(3)6-7-13(12)16-5-2/h6-8,11,15H,4-5,9,14H2,1-3H3. The quantitative estimate of drug-likeness (QED) is 0.777. The number of benzene rings is 1. The van der Waals surface area contributed by atoms with Gasteiger partial charge in [-0.2, -0.15) is 0 Å². The van der Waals surface area contributed by atoms with Gasteiger partial charge in [0.2, 0.25) is 0 Å². The number of nitrogens with two attached hydrogens (primary N) is 1. The van der Waals surface area contributed by atoms with Crippen LogP contribution in [0.2, 0.25) is 0 Å². The predicted molar refractivity (Wildman–Crippen MR) is 69.1 cm³/mol. The summed E-state index contributed by atoms with van der Waals surface area (Å²) in [7, 11) is 0. The van der Waals surface area contributed by atoms with Gasteiger partial charge in [0.05, 0.1) is 12.3 Å². The average Bonchev–Trinajstić information content (AvgIpc) is 2.29.